The fourth-order valence-corrected chi connectivity index (χ4v) is 5.90. The summed E-state index contributed by atoms with van der Waals surface area (Å²) >= 11 is 0. The first-order valence-electron chi connectivity index (χ1n) is 21.0. The lowest BCUT2D eigenvalue weighted by Gasteiger charge is -2.15. The average molecular weight is 715 g/mol. The van der Waals surface area contributed by atoms with Crippen molar-refractivity contribution in [3.8, 4) is 0 Å². The SMILES string of the molecule is CCCCC/C=C\C/C=C\CCCCCCCCCC(=O)OC(/C=C\C/C=C\CCCCCC)CCCCCCC(=O)NC(CCCN)C(=O)O. The van der Waals surface area contributed by atoms with E-state index in [4.69, 9.17) is 10.5 Å². The molecular weight excluding hydrogens is 636 g/mol. The highest BCUT2D eigenvalue weighted by Crippen LogP contribution is 2.15. The molecule has 7 nitrogen and oxygen atoms in total. The van der Waals surface area contributed by atoms with Gasteiger partial charge in [0.2, 0.25) is 5.91 Å². The largest absolute Gasteiger partial charge is 0.480 e. The molecule has 0 aliphatic carbocycles. The molecule has 0 heterocycles. The predicted octanol–water partition coefficient (Wildman–Crippen LogP) is 11.6. The van der Waals surface area contributed by atoms with Crippen molar-refractivity contribution in [2.24, 2.45) is 5.73 Å². The zero-order chi connectivity index (χ0) is 37.5. The Morgan fingerprint density at radius 2 is 1.08 bits per heavy atom. The number of hydrogen-bond acceptors (Lipinski definition) is 5. The van der Waals surface area contributed by atoms with Crippen LogP contribution in [0.5, 0.6) is 0 Å². The van der Waals surface area contributed by atoms with Crippen LogP contribution in [0, 0.1) is 0 Å². The number of amides is 1. The third-order valence-corrected chi connectivity index (χ3v) is 9.10. The standard InChI is InChI=1S/C44H78N2O5/c1-3-5-7-9-11-13-14-15-16-17-18-19-20-22-24-26-32-38-43(48)51-40(34-29-25-23-21-12-10-8-6-4-2)35-30-27-28-31-37-42(47)46-41(44(49)50)36-33-39-45/h11,13,15-16,21,23,29,34,40-41H,3-10,12,14,17-20,22,24-28,30-33,35-39,45H2,1-2H3,(H,46,47)(H,49,50)/b13-11-,16-15-,23-21-,34-29-. The Hall–Kier alpha value is -2.67. The fourth-order valence-electron chi connectivity index (χ4n) is 5.90. The molecular formula is C44H78N2O5. The highest BCUT2D eigenvalue weighted by atomic mass is 16.5. The van der Waals surface area contributed by atoms with Crippen molar-refractivity contribution in [2.45, 2.75) is 206 Å². The van der Waals surface area contributed by atoms with Gasteiger partial charge in [0.05, 0.1) is 0 Å². The maximum Gasteiger partial charge on any atom is 0.326 e. The van der Waals surface area contributed by atoms with Gasteiger partial charge in [0.15, 0.2) is 0 Å². The third-order valence-electron chi connectivity index (χ3n) is 9.10. The van der Waals surface area contributed by atoms with E-state index in [-0.39, 0.29) is 18.0 Å². The summed E-state index contributed by atoms with van der Waals surface area (Å²) in [6, 6.07) is -0.876. The lowest BCUT2D eigenvalue weighted by molar-refractivity contribution is -0.147. The molecule has 1 amide bonds. The van der Waals surface area contributed by atoms with Gasteiger partial charge in [0.1, 0.15) is 12.1 Å². The Morgan fingerprint density at radius 3 is 1.67 bits per heavy atom. The van der Waals surface area contributed by atoms with Crippen LogP contribution in [0.15, 0.2) is 48.6 Å². The van der Waals surface area contributed by atoms with Gasteiger partial charge < -0.3 is 20.9 Å². The molecule has 2 unspecified atom stereocenters. The lowest BCUT2D eigenvalue weighted by Crippen LogP contribution is -2.40. The highest BCUT2D eigenvalue weighted by Gasteiger charge is 2.19. The van der Waals surface area contributed by atoms with Gasteiger partial charge in [0, 0.05) is 12.8 Å². The van der Waals surface area contributed by atoms with Crippen LogP contribution in [0.2, 0.25) is 0 Å². The molecule has 0 saturated heterocycles. The molecule has 0 aromatic carbocycles. The number of hydrogen-bond donors (Lipinski definition) is 3. The van der Waals surface area contributed by atoms with Crippen LogP contribution in [-0.2, 0) is 19.1 Å². The molecule has 0 spiro atoms. The van der Waals surface area contributed by atoms with Crippen LogP contribution in [0.3, 0.4) is 0 Å². The zero-order valence-electron chi connectivity index (χ0n) is 32.9. The molecule has 0 fully saturated rings. The number of rotatable bonds is 37. The minimum atomic E-state index is -1.02. The second-order valence-electron chi connectivity index (χ2n) is 14.0. The van der Waals surface area contributed by atoms with Gasteiger partial charge in [0.25, 0.3) is 0 Å². The zero-order valence-corrected chi connectivity index (χ0v) is 32.9. The van der Waals surface area contributed by atoms with Crippen molar-refractivity contribution in [2.75, 3.05) is 6.54 Å². The van der Waals surface area contributed by atoms with Crippen molar-refractivity contribution in [3.63, 3.8) is 0 Å². The summed E-state index contributed by atoms with van der Waals surface area (Å²) in [6.45, 7) is 4.87. The summed E-state index contributed by atoms with van der Waals surface area (Å²) in [4.78, 5) is 36.3. The van der Waals surface area contributed by atoms with Gasteiger partial charge in [-0.2, -0.15) is 0 Å². The molecule has 0 rings (SSSR count). The number of unbranched alkanes of at least 4 members (excludes halogenated alkanes) is 17. The number of ether oxygens (including phenoxy) is 1. The normalized spacial score (nSPS) is 13.2. The minimum absolute atomic E-state index is 0.113. The second kappa shape index (κ2) is 38.6. The number of aliphatic carboxylic acids is 1. The summed E-state index contributed by atoms with van der Waals surface area (Å²) < 4.78 is 5.91. The fraction of sp³-hybridized carbons (Fsp3) is 0.750. The Morgan fingerprint density at radius 1 is 0.588 bits per heavy atom. The van der Waals surface area contributed by atoms with Gasteiger partial charge in [-0.3, -0.25) is 9.59 Å². The molecule has 0 aromatic heterocycles. The molecule has 0 aliphatic heterocycles. The van der Waals surface area contributed by atoms with Gasteiger partial charge in [-0.25, -0.2) is 4.79 Å². The van der Waals surface area contributed by atoms with E-state index in [9.17, 15) is 19.5 Å². The van der Waals surface area contributed by atoms with E-state index >= 15 is 0 Å². The smallest absolute Gasteiger partial charge is 0.326 e. The molecule has 51 heavy (non-hydrogen) atoms. The number of nitrogens with one attached hydrogen (secondary N) is 1. The van der Waals surface area contributed by atoms with Crippen molar-refractivity contribution >= 4 is 17.8 Å². The van der Waals surface area contributed by atoms with E-state index < -0.39 is 12.0 Å². The second-order valence-corrected chi connectivity index (χ2v) is 14.0. The van der Waals surface area contributed by atoms with Crippen molar-refractivity contribution in [1.29, 1.82) is 0 Å². The summed E-state index contributed by atoms with van der Waals surface area (Å²) in [5, 5.41) is 11.9. The maximum absolute atomic E-state index is 12.7. The van der Waals surface area contributed by atoms with Gasteiger partial charge in [-0.1, -0.05) is 133 Å². The number of carbonyl (C=O) groups is 3. The Balaban J connectivity index is 4.34. The molecule has 0 bridgehead atoms. The number of carboxylic acids is 1. The molecule has 4 N–H and O–H groups in total. The summed E-state index contributed by atoms with van der Waals surface area (Å²) in [5.41, 5.74) is 5.48. The summed E-state index contributed by atoms with van der Waals surface area (Å²) in [5.74, 6) is -1.36. The molecule has 0 aliphatic rings. The minimum Gasteiger partial charge on any atom is -0.480 e. The van der Waals surface area contributed by atoms with Crippen LogP contribution in [0.25, 0.3) is 0 Å². The number of nitrogens with two attached hydrogens (primary N) is 1. The third kappa shape index (κ3) is 35.5. The Bertz CT molecular complexity index is 942. The van der Waals surface area contributed by atoms with E-state index in [1.54, 1.807) is 0 Å². The number of esters is 1. The first-order valence-corrected chi connectivity index (χ1v) is 21.0. The van der Waals surface area contributed by atoms with E-state index in [2.05, 4.69) is 61.7 Å². The van der Waals surface area contributed by atoms with Crippen LogP contribution in [-0.4, -0.2) is 41.6 Å². The quantitative estimate of drug-likeness (QED) is 0.0335. The van der Waals surface area contributed by atoms with Crippen molar-refractivity contribution in [1.82, 2.24) is 5.32 Å². The molecule has 0 radical (unpaired) electrons. The van der Waals surface area contributed by atoms with Crippen LogP contribution in [0.4, 0.5) is 0 Å². The van der Waals surface area contributed by atoms with E-state index in [1.807, 2.05) is 6.08 Å². The van der Waals surface area contributed by atoms with E-state index in [0.29, 0.717) is 38.6 Å². The first-order chi connectivity index (χ1) is 24.9. The van der Waals surface area contributed by atoms with E-state index in [1.165, 1.54) is 89.9 Å². The lowest BCUT2D eigenvalue weighted by atomic mass is 10.1. The molecule has 0 aromatic rings. The van der Waals surface area contributed by atoms with Crippen molar-refractivity contribution < 1.29 is 24.2 Å². The average Bonchev–Trinajstić information content (AvgIpc) is 3.11. The highest BCUT2D eigenvalue weighted by molar-refractivity contribution is 5.83. The van der Waals surface area contributed by atoms with Crippen LogP contribution in [0.1, 0.15) is 194 Å². The molecule has 7 heteroatoms. The van der Waals surface area contributed by atoms with Crippen LogP contribution < -0.4 is 11.1 Å². The van der Waals surface area contributed by atoms with Gasteiger partial charge >= 0.3 is 11.9 Å². The first kappa shape index (κ1) is 48.3. The molecule has 2 atom stereocenters. The van der Waals surface area contributed by atoms with Crippen LogP contribution >= 0.6 is 0 Å². The monoisotopic (exact) mass is 715 g/mol. The topological polar surface area (TPSA) is 119 Å². The van der Waals surface area contributed by atoms with Gasteiger partial charge in [-0.05, 0) is 103 Å². The maximum atomic E-state index is 12.7. The molecule has 0 saturated carbocycles. The predicted molar refractivity (Wildman–Crippen MR) is 216 cm³/mol. The van der Waals surface area contributed by atoms with Crippen molar-refractivity contribution in [3.05, 3.63) is 48.6 Å². The number of carboxylic acid groups (broad SMARTS) is 1. The summed E-state index contributed by atoms with van der Waals surface area (Å²) in [7, 11) is 0. The number of allylic oxidation sites excluding steroid dienone is 7. The van der Waals surface area contributed by atoms with Gasteiger partial charge in [-0.15, -0.1) is 0 Å². The number of carbonyl (C=O) groups excluding carboxylic acids is 2. The Labute approximate surface area is 313 Å². The summed E-state index contributed by atoms with van der Waals surface area (Å²) in [6.07, 6.45) is 45.9. The van der Waals surface area contributed by atoms with E-state index in [0.717, 1.165) is 57.8 Å². The Kier molecular flexibility index (Phi) is 36.5. The molecule has 294 valence electrons.